The predicted molar refractivity (Wildman–Crippen MR) is 67.2 cm³/mol. The molecule has 5 heteroatoms. The Hall–Kier alpha value is -0.520. The van der Waals surface area contributed by atoms with Crippen molar-refractivity contribution < 1.29 is 13.5 Å². The topological polar surface area (TPSA) is 21.3 Å². The van der Waals surface area contributed by atoms with Crippen LogP contribution in [0.15, 0.2) is 16.6 Å². The quantitative estimate of drug-likeness (QED) is 0.865. The molecule has 1 N–H and O–H groups in total. The normalized spacial score (nSPS) is 30.1. The van der Waals surface area contributed by atoms with Crippen LogP contribution in [-0.4, -0.2) is 18.2 Å². The van der Waals surface area contributed by atoms with Crippen molar-refractivity contribution in [3.63, 3.8) is 0 Å². The van der Waals surface area contributed by atoms with Gasteiger partial charge in [-0.3, -0.25) is 0 Å². The highest BCUT2D eigenvalue weighted by molar-refractivity contribution is 9.10. The number of fused-ring (bicyclic) bond motifs is 2. The highest BCUT2D eigenvalue weighted by atomic mass is 79.9. The summed E-state index contributed by atoms with van der Waals surface area (Å²) < 4.78 is 33.3. The first-order chi connectivity index (χ1) is 8.65. The van der Waals surface area contributed by atoms with Crippen molar-refractivity contribution >= 4 is 15.9 Å². The first-order valence-electron chi connectivity index (χ1n) is 6.16. The molecule has 2 aliphatic heterocycles. The summed E-state index contributed by atoms with van der Waals surface area (Å²) in [5.41, 5.74) is 0.0900. The maximum absolute atomic E-state index is 13.8. The fourth-order valence-electron chi connectivity index (χ4n) is 2.82. The van der Waals surface area contributed by atoms with Crippen LogP contribution in [0.5, 0.6) is 0 Å². The SMILES string of the molecule is Fc1ccc(Br)c(F)c1CNC1CC2CCC1O2. The first-order valence-corrected chi connectivity index (χ1v) is 6.95. The molecule has 0 saturated carbocycles. The third-order valence-corrected chi connectivity index (χ3v) is 4.40. The molecule has 18 heavy (non-hydrogen) atoms. The van der Waals surface area contributed by atoms with Crippen LogP contribution in [0.25, 0.3) is 0 Å². The Kier molecular flexibility index (Phi) is 3.38. The van der Waals surface area contributed by atoms with Crippen LogP contribution in [0, 0.1) is 11.6 Å². The lowest BCUT2D eigenvalue weighted by atomic mass is 9.95. The third kappa shape index (κ3) is 2.19. The lowest BCUT2D eigenvalue weighted by molar-refractivity contribution is 0.0972. The largest absolute Gasteiger partial charge is 0.373 e. The van der Waals surface area contributed by atoms with Crippen molar-refractivity contribution in [2.45, 2.75) is 44.1 Å². The molecule has 3 rings (SSSR count). The van der Waals surface area contributed by atoms with Crippen molar-refractivity contribution in [2.75, 3.05) is 0 Å². The minimum atomic E-state index is -0.522. The monoisotopic (exact) mass is 317 g/mol. The van der Waals surface area contributed by atoms with Crippen LogP contribution in [-0.2, 0) is 11.3 Å². The van der Waals surface area contributed by atoms with Gasteiger partial charge in [-0.15, -0.1) is 0 Å². The number of halogens is 3. The van der Waals surface area contributed by atoms with E-state index in [1.165, 1.54) is 12.1 Å². The number of ether oxygens (including phenoxy) is 1. The molecule has 1 aromatic rings. The maximum Gasteiger partial charge on any atom is 0.144 e. The van der Waals surface area contributed by atoms with Gasteiger partial charge in [0.2, 0.25) is 0 Å². The molecule has 1 aromatic carbocycles. The standard InChI is InChI=1S/C13H14BrF2NO/c14-9-2-3-10(15)8(13(9)16)6-17-11-5-7-1-4-12(11)18-7/h2-3,7,11-12,17H,1,4-6H2. The summed E-state index contributed by atoms with van der Waals surface area (Å²) in [5, 5.41) is 3.21. The molecular weight excluding hydrogens is 304 g/mol. The number of hydrogen-bond acceptors (Lipinski definition) is 2. The van der Waals surface area contributed by atoms with Crippen molar-refractivity contribution in [1.82, 2.24) is 5.32 Å². The van der Waals surface area contributed by atoms with Gasteiger partial charge in [0.1, 0.15) is 11.6 Å². The van der Waals surface area contributed by atoms with Crippen LogP contribution in [0.1, 0.15) is 24.8 Å². The number of nitrogens with one attached hydrogen (secondary N) is 1. The van der Waals surface area contributed by atoms with Gasteiger partial charge in [0.25, 0.3) is 0 Å². The van der Waals surface area contributed by atoms with E-state index in [9.17, 15) is 8.78 Å². The van der Waals surface area contributed by atoms with E-state index in [0.717, 1.165) is 19.3 Å². The lowest BCUT2D eigenvalue weighted by Crippen LogP contribution is -2.37. The molecule has 2 heterocycles. The summed E-state index contributed by atoms with van der Waals surface area (Å²) >= 11 is 3.07. The smallest absolute Gasteiger partial charge is 0.144 e. The minimum absolute atomic E-state index is 0.0900. The second-order valence-corrected chi connectivity index (χ2v) is 5.77. The van der Waals surface area contributed by atoms with E-state index < -0.39 is 11.6 Å². The average molecular weight is 318 g/mol. The molecule has 2 bridgehead atoms. The summed E-state index contributed by atoms with van der Waals surface area (Å²) in [6.07, 6.45) is 3.66. The van der Waals surface area contributed by atoms with E-state index >= 15 is 0 Å². The van der Waals surface area contributed by atoms with Gasteiger partial charge in [-0.25, -0.2) is 8.78 Å². The molecular formula is C13H14BrF2NO. The van der Waals surface area contributed by atoms with Crippen LogP contribution < -0.4 is 5.32 Å². The Morgan fingerprint density at radius 2 is 2.17 bits per heavy atom. The molecule has 3 unspecified atom stereocenters. The van der Waals surface area contributed by atoms with Crippen molar-refractivity contribution in [2.24, 2.45) is 0 Å². The number of rotatable bonds is 3. The summed E-state index contributed by atoms with van der Waals surface area (Å²) in [4.78, 5) is 0. The molecule has 0 amide bonds. The molecule has 0 radical (unpaired) electrons. The van der Waals surface area contributed by atoms with Gasteiger partial charge in [-0.1, -0.05) is 0 Å². The maximum atomic E-state index is 13.8. The van der Waals surface area contributed by atoms with Gasteiger partial charge in [0.15, 0.2) is 0 Å². The van der Waals surface area contributed by atoms with Gasteiger partial charge >= 0.3 is 0 Å². The van der Waals surface area contributed by atoms with E-state index in [1.54, 1.807) is 0 Å². The number of benzene rings is 1. The summed E-state index contributed by atoms with van der Waals surface area (Å²) in [6, 6.07) is 2.89. The van der Waals surface area contributed by atoms with E-state index in [0.29, 0.717) is 10.6 Å². The van der Waals surface area contributed by atoms with Crippen LogP contribution in [0.3, 0.4) is 0 Å². The fourth-order valence-corrected chi connectivity index (χ4v) is 3.19. The molecule has 3 atom stereocenters. The summed E-state index contributed by atoms with van der Waals surface area (Å²) in [6.45, 7) is 0.203. The molecule has 2 saturated heterocycles. The second-order valence-electron chi connectivity index (χ2n) is 4.92. The van der Waals surface area contributed by atoms with E-state index in [-0.39, 0.29) is 24.3 Å². The Balaban J connectivity index is 1.68. The molecule has 0 aromatic heterocycles. The zero-order valence-electron chi connectivity index (χ0n) is 9.76. The highest BCUT2D eigenvalue weighted by Crippen LogP contribution is 2.34. The molecule has 2 fully saturated rings. The average Bonchev–Trinajstić information content (AvgIpc) is 2.96. The Morgan fingerprint density at radius 1 is 1.33 bits per heavy atom. The van der Waals surface area contributed by atoms with E-state index in [1.807, 2.05) is 0 Å². The van der Waals surface area contributed by atoms with Gasteiger partial charge in [-0.05, 0) is 47.3 Å². The molecule has 2 aliphatic rings. The summed E-state index contributed by atoms with van der Waals surface area (Å²) in [7, 11) is 0. The van der Waals surface area contributed by atoms with Crippen LogP contribution >= 0.6 is 15.9 Å². The molecule has 0 spiro atoms. The predicted octanol–water partition coefficient (Wildman–Crippen LogP) is 3.14. The Bertz CT molecular complexity index is 469. The van der Waals surface area contributed by atoms with Crippen molar-refractivity contribution in [3.05, 3.63) is 33.8 Å². The number of hydrogen-bond donors (Lipinski definition) is 1. The fraction of sp³-hybridized carbons (Fsp3) is 0.538. The van der Waals surface area contributed by atoms with Gasteiger partial charge in [0.05, 0.1) is 16.7 Å². The van der Waals surface area contributed by atoms with Crippen LogP contribution in [0.2, 0.25) is 0 Å². The van der Waals surface area contributed by atoms with Crippen molar-refractivity contribution in [3.8, 4) is 0 Å². The Labute approximate surface area is 113 Å². The van der Waals surface area contributed by atoms with E-state index in [2.05, 4.69) is 21.2 Å². The molecule has 98 valence electrons. The molecule has 0 aliphatic carbocycles. The van der Waals surface area contributed by atoms with Crippen molar-refractivity contribution in [1.29, 1.82) is 0 Å². The van der Waals surface area contributed by atoms with E-state index in [4.69, 9.17) is 4.74 Å². The zero-order chi connectivity index (χ0) is 12.7. The van der Waals surface area contributed by atoms with Gasteiger partial charge in [0, 0.05) is 18.2 Å². The second kappa shape index (κ2) is 4.87. The first kappa shape index (κ1) is 12.5. The van der Waals surface area contributed by atoms with Gasteiger partial charge in [-0.2, -0.15) is 0 Å². The highest BCUT2D eigenvalue weighted by Gasteiger charge is 2.40. The van der Waals surface area contributed by atoms with Gasteiger partial charge < -0.3 is 10.1 Å². The third-order valence-electron chi connectivity index (χ3n) is 3.79. The Morgan fingerprint density at radius 3 is 2.83 bits per heavy atom. The summed E-state index contributed by atoms with van der Waals surface area (Å²) in [5.74, 6) is -1.03. The van der Waals surface area contributed by atoms with Crippen LogP contribution in [0.4, 0.5) is 8.78 Å². The molecule has 2 nitrogen and oxygen atoms in total. The lowest BCUT2D eigenvalue weighted by Gasteiger charge is -2.20. The minimum Gasteiger partial charge on any atom is -0.373 e. The zero-order valence-corrected chi connectivity index (χ0v) is 11.3.